The zero-order valence-electron chi connectivity index (χ0n) is 14.8. The first-order chi connectivity index (χ1) is 12.7. The number of hydrogen-bond donors (Lipinski definition) is 0. The van der Waals surface area contributed by atoms with Crippen LogP contribution in [0.5, 0.6) is 0 Å². The number of nitrogens with zero attached hydrogens (tertiary/aromatic N) is 4. The van der Waals surface area contributed by atoms with Crippen LogP contribution in [0.25, 0.3) is 10.9 Å². The van der Waals surface area contributed by atoms with Crippen LogP contribution in [-0.2, 0) is 12.3 Å². The molecule has 0 saturated heterocycles. The SMILES string of the molecule is CC(C)c1nnc(SCc2cccc3cccnc23)n1Cc1ccco1. The molecule has 4 aromatic rings. The molecule has 0 radical (unpaired) electrons. The predicted octanol–water partition coefficient (Wildman–Crippen LogP) is 4.88. The number of thioether (sulfide) groups is 1. The maximum atomic E-state index is 5.52. The second-order valence-electron chi connectivity index (χ2n) is 6.44. The minimum Gasteiger partial charge on any atom is -0.467 e. The van der Waals surface area contributed by atoms with Gasteiger partial charge in [-0.25, -0.2) is 0 Å². The van der Waals surface area contributed by atoms with Gasteiger partial charge in [0.1, 0.15) is 11.6 Å². The van der Waals surface area contributed by atoms with Crippen molar-refractivity contribution in [3.8, 4) is 0 Å². The lowest BCUT2D eigenvalue weighted by Crippen LogP contribution is -2.07. The summed E-state index contributed by atoms with van der Waals surface area (Å²) in [5, 5.41) is 10.9. The zero-order chi connectivity index (χ0) is 17.9. The highest BCUT2D eigenvalue weighted by Crippen LogP contribution is 2.28. The Balaban J connectivity index is 1.61. The number of aromatic nitrogens is 4. The first-order valence-corrected chi connectivity index (χ1v) is 9.62. The van der Waals surface area contributed by atoms with Crippen LogP contribution in [0.2, 0.25) is 0 Å². The van der Waals surface area contributed by atoms with Crippen molar-refractivity contribution < 1.29 is 4.42 Å². The molecule has 0 unspecified atom stereocenters. The van der Waals surface area contributed by atoms with Gasteiger partial charge in [-0.3, -0.25) is 9.55 Å². The Morgan fingerprint density at radius 3 is 2.77 bits per heavy atom. The molecule has 5 nitrogen and oxygen atoms in total. The second kappa shape index (κ2) is 7.33. The molecule has 132 valence electrons. The lowest BCUT2D eigenvalue weighted by Gasteiger charge is -2.11. The molecule has 0 amide bonds. The van der Waals surface area contributed by atoms with Crippen LogP contribution in [0.1, 0.15) is 36.9 Å². The third-order valence-corrected chi connectivity index (χ3v) is 5.24. The van der Waals surface area contributed by atoms with Gasteiger partial charge in [-0.2, -0.15) is 0 Å². The maximum absolute atomic E-state index is 5.52. The minimum absolute atomic E-state index is 0.297. The van der Waals surface area contributed by atoms with Crippen LogP contribution < -0.4 is 0 Å². The Morgan fingerprint density at radius 2 is 1.96 bits per heavy atom. The van der Waals surface area contributed by atoms with E-state index in [9.17, 15) is 0 Å². The summed E-state index contributed by atoms with van der Waals surface area (Å²) in [6.07, 6.45) is 3.54. The first kappa shape index (κ1) is 16.8. The third kappa shape index (κ3) is 3.37. The van der Waals surface area contributed by atoms with Gasteiger partial charge in [-0.05, 0) is 23.8 Å². The summed E-state index contributed by atoms with van der Waals surface area (Å²) in [5.74, 6) is 2.97. The van der Waals surface area contributed by atoms with Crippen LogP contribution in [0.15, 0.2) is 64.5 Å². The Morgan fingerprint density at radius 1 is 1.08 bits per heavy atom. The molecule has 3 aromatic heterocycles. The Kier molecular flexibility index (Phi) is 4.75. The van der Waals surface area contributed by atoms with E-state index in [2.05, 4.69) is 57.9 Å². The molecule has 26 heavy (non-hydrogen) atoms. The monoisotopic (exact) mass is 364 g/mol. The van der Waals surface area contributed by atoms with Crippen molar-refractivity contribution in [3.05, 3.63) is 72.1 Å². The van der Waals surface area contributed by atoms with Crippen molar-refractivity contribution in [1.29, 1.82) is 0 Å². The maximum Gasteiger partial charge on any atom is 0.191 e. The van der Waals surface area contributed by atoms with E-state index in [-0.39, 0.29) is 0 Å². The molecule has 1 aromatic carbocycles. The number of pyridine rings is 1. The molecule has 0 fully saturated rings. The second-order valence-corrected chi connectivity index (χ2v) is 7.38. The molecule has 0 bridgehead atoms. The van der Waals surface area contributed by atoms with Crippen LogP contribution in [0, 0.1) is 0 Å². The molecule has 0 spiro atoms. The van der Waals surface area contributed by atoms with Crippen LogP contribution in [0.4, 0.5) is 0 Å². The summed E-state index contributed by atoms with van der Waals surface area (Å²) >= 11 is 1.68. The highest BCUT2D eigenvalue weighted by molar-refractivity contribution is 7.98. The number of hydrogen-bond acceptors (Lipinski definition) is 5. The third-order valence-electron chi connectivity index (χ3n) is 4.23. The van der Waals surface area contributed by atoms with Gasteiger partial charge in [0.15, 0.2) is 5.16 Å². The minimum atomic E-state index is 0.297. The largest absolute Gasteiger partial charge is 0.467 e. The van der Waals surface area contributed by atoms with Crippen LogP contribution >= 0.6 is 11.8 Å². The fourth-order valence-electron chi connectivity index (χ4n) is 2.97. The van der Waals surface area contributed by atoms with Crippen molar-refractivity contribution in [2.45, 2.75) is 37.2 Å². The van der Waals surface area contributed by atoms with Gasteiger partial charge in [0.2, 0.25) is 0 Å². The molecule has 0 aliphatic heterocycles. The molecule has 4 rings (SSSR count). The van der Waals surface area contributed by atoms with Crippen molar-refractivity contribution in [2.75, 3.05) is 0 Å². The van der Waals surface area contributed by atoms with Gasteiger partial charge in [0.05, 0.1) is 18.3 Å². The lowest BCUT2D eigenvalue weighted by molar-refractivity contribution is 0.475. The van der Waals surface area contributed by atoms with Crippen molar-refractivity contribution in [3.63, 3.8) is 0 Å². The number of rotatable bonds is 6. The Hall–Kier alpha value is -2.60. The van der Waals surface area contributed by atoms with E-state index in [0.29, 0.717) is 12.5 Å². The van der Waals surface area contributed by atoms with E-state index in [1.807, 2.05) is 24.4 Å². The Labute approximate surface area is 156 Å². The van der Waals surface area contributed by atoms with Crippen molar-refractivity contribution in [1.82, 2.24) is 19.7 Å². The molecular weight excluding hydrogens is 344 g/mol. The quantitative estimate of drug-likeness (QED) is 0.456. The van der Waals surface area contributed by atoms with Gasteiger partial charge in [0.25, 0.3) is 0 Å². The fourth-order valence-corrected chi connectivity index (χ4v) is 3.90. The Bertz CT molecular complexity index is 1000. The average Bonchev–Trinajstić information content (AvgIpc) is 3.30. The smallest absolute Gasteiger partial charge is 0.191 e. The molecule has 0 N–H and O–H groups in total. The topological polar surface area (TPSA) is 56.7 Å². The summed E-state index contributed by atoms with van der Waals surface area (Å²) < 4.78 is 7.67. The standard InChI is InChI=1S/C20H20N4OS/c1-14(2)19-22-23-20(24(19)12-17-9-5-11-25-17)26-13-16-7-3-6-15-8-4-10-21-18(15)16/h3-11,14H,12-13H2,1-2H3. The summed E-state index contributed by atoms with van der Waals surface area (Å²) in [7, 11) is 0. The molecule has 0 saturated carbocycles. The summed E-state index contributed by atoms with van der Waals surface area (Å²) in [6.45, 7) is 4.90. The van der Waals surface area contributed by atoms with E-state index in [0.717, 1.165) is 33.4 Å². The molecule has 6 heteroatoms. The van der Waals surface area contributed by atoms with E-state index in [4.69, 9.17) is 4.42 Å². The number of furan rings is 1. The van der Waals surface area contributed by atoms with Crippen LogP contribution in [0.3, 0.4) is 0 Å². The van der Waals surface area contributed by atoms with E-state index in [1.165, 1.54) is 5.56 Å². The summed E-state index contributed by atoms with van der Waals surface area (Å²) in [6, 6.07) is 14.2. The zero-order valence-corrected chi connectivity index (χ0v) is 15.6. The molecule has 0 aliphatic carbocycles. The summed E-state index contributed by atoms with van der Waals surface area (Å²) in [4.78, 5) is 4.54. The average molecular weight is 364 g/mol. The molecule has 3 heterocycles. The van der Waals surface area contributed by atoms with Gasteiger partial charge >= 0.3 is 0 Å². The highest BCUT2D eigenvalue weighted by atomic mass is 32.2. The molecule has 0 atom stereocenters. The van der Waals surface area contributed by atoms with Gasteiger partial charge in [-0.1, -0.05) is 49.9 Å². The predicted molar refractivity (Wildman–Crippen MR) is 103 cm³/mol. The fraction of sp³-hybridized carbons (Fsp3) is 0.250. The van der Waals surface area contributed by atoms with Crippen molar-refractivity contribution in [2.24, 2.45) is 0 Å². The molecule has 0 aliphatic rings. The van der Waals surface area contributed by atoms with Crippen molar-refractivity contribution >= 4 is 22.7 Å². The van der Waals surface area contributed by atoms with Crippen LogP contribution in [-0.4, -0.2) is 19.7 Å². The highest BCUT2D eigenvalue weighted by Gasteiger charge is 2.17. The number of para-hydroxylation sites is 1. The number of benzene rings is 1. The summed E-state index contributed by atoms with van der Waals surface area (Å²) in [5.41, 5.74) is 2.25. The van der Waals surface area contributed by atoms with E-state index >= 15 is 0 Å². The first-order valence-electron chi connectivity index (χ1n) is 8.63. The van der Waals surface area contributed by atoms with E-state index in [1.54, 1.807) is 18.0 Å². The van der Waals surface area contributed by atoms with Gasteiger partial charge < -0.3 is 4.42 Å². The molecular formula is C20H20N4OS. The van der Waals surface area contributed by atoms with E-state index < -0.39 is 0 Å². The van der Waals surface area contributed by atoms with Gasteiger partial charge in [-0.15, -0.1) is 10.2 Å². The number of fused-ring (bicyclic) bond motifs is 1. The lowest BCUT2D eigenvalue weighted by atomic mass is 10.1. The normalized spacial score (nSPS) is 11.5. The van der Waals surface area contributed by atoms with Gasteiger partial charge in [0, 0.05) is 23.3 Å².